The third-order valence-electron chi connectivity index (χ3n) is 5.18. The summed E-state index contributed by atoms with van der Waals surface area (Å²) < 4.78 is 5.44. The van der Waals surface area contributed by atoms with Gasteiger partial charge in [0.1, 0.15) is 5.82 Å². The molecule has 0 aliphatic carbocycles. The molecule has 8 nitrogen and oxygen atoms in total. The Labute approximate surface area is 178 Å². The second kappa shape index (κ2) is 11.6. The Morgan fingerprint density at radius 1 is 1.28 bits per heavy atom. The molecule has 2 aromatic heterocycles. The molecule has 0 unspecified atom stereocenters. The van der Waals surface area contributed by atoms with Crippen LogP contribution < -0.4 is 11.1 Å². The number of nitrogens with one attached hydrogen (secondary N) is 2. The van der Waals surface area contributed by atoms with Crippen molar-refractivity contribution >= 4 is 24.2 Å². The van der Waals surface area contributed by atoms with Crippen LogP contribution in [-0.4, -0.2) is 45.6 Å². The van der Waals surface area contributed by atoms with Gasteiger partial charge in [-0.25, -0.2) is 4.98 Å². The highest BCUT2D eigenvalue weighted by molar-refractivity contribution is 5.85. The summed E-state index contributed by atoms with van der Waals surface area (Å²) in [6, 6.07) is 3.91. The minimum Gasteiger partial charge on any atom is -0.370 e. The van der Waals surface area contributed by atoms with Crippen molar-refractivity contribution in [2.24, 2.45) is 5.73 Å². The summed E-state index contributed by atoms with van der Waals surface area (Å²) in [6.45, 7) is 4.58. The zero-order chi connectivity index (χ0) is 19.8. The van der Waals surface area contributed by atoms with E-state index in [-0.39, 0.29) is 24.3 Å². The number of nitrogens with zero attached hydrogens (tertiary/aromatic N) is 4. The lowest BCUT2D eigenvalue weighted by Crippen LogP contribution is -2.34. The van der Waals surface area contributed by atoms with E-state index in [4.69, 9.17) is 15.7 Å². The lowest BCUT2D eigenvalue weighted by atomic mass is 10.1. The van der Waals surface area contributed by atoms with Gasteiger partial charge in [0.2, 0.25) is 11.7 Å². The molecule has 0 saturated carbocycles. The Balaban J connectivity index is 0.00000300. The minimum absolute atomic E-state index is 0. The van der Waals surface area contributed by atoms with Crippen LogP contribution in [0.1, 0.15) is 63.7 Å². The first-order valence-electron chi connectivity index (χ1n) is 10.3. The van der Waals surface area contributed by atoms with Gasteiger partial charge in [0.25, 0.3) is 0 Å². The fraction of sp³-hybridized carbons (Fsp3) is 0.600. The molecule has 3 heterocycles. The van der Waals surface area contributed by atoms with Crippen LogP contribution in [0, 0.1) is 5.41 Å². The highest BCUT2D eigenvalue weighted by atomic mass is 35.5. The van der Waals surface area contributed by atoms with Gasteiger partial charge in [0.05, 0.1) is 5.92 Å². The summed E-state index contributed by atoms with van der Waals surface area (Å²) in [6.07, 6.45) is 10.3. The maximum atomic E-state index is 7.52. The van der Waals surface area contributed by atoms with E-state index in [1.165, 1.54) is 38.5 Å². The first-order chi connectivity index (χ1) is 13.7. The van der Waals surface area contributed by atoms with E-state index in [1.54, 1.807) is 6.20 Å². The number of unbranched alkanes of at least 4 members (excludes halogenated alkanes) is 5. The largest absolute Gasteiger partial charge is 0.370 e. The van der Waals surface area contributed by atoms with Crippen LogP contribution in [-0.2, 0) is 0 Å². The normalized spacial score (nSPS) is 15.9. The van der Waals surface area contributed by atoms with E-state index in [9.17, 15) is 0 Å². The first-order valence-corrected chi connectivity index (χ1v) is 10.3. The topological polar surface area (TPSA) is 117 Å². The van der Waals surface area contributed by atoms with E-state index >= 15 is 0 Å². The Morgan fingerprint density at radius 2 is 2.07 bits per heavy atom. The van der Waals surface area contributed by atoms with Crippen molar-refractivity contribution in [3.63, 3.8) is 0 Å². The number of nitrogens with two attached hydrogens (primary N) is 1. The van der Waals surface area contributed by atoms with Gasteiger partial charge in [-0.2, -0.15) is 4.98 Å². The van der Waals surface area contributed by atoms with Crippen molar-refractivity contribution in [3.8, 4) is 11.4 Å². The number of likely N-dealkylation sites (tertiary alicyclic amines) is 1. The molecular weight excluding hydrogens is 390 g/mol. The summed E-state index contributed by atoms with van der Waals surface area (Å²) in [7, 11) is 0. The van der Waals surface area contributed by atoms with E-state index in [1.807, 2.05) is 17.0 Å². The van der Waals surface area contributed by atoms with Crippen molar-refractivity contribution in [3.05, 3.63) is 24.2 Å². The number of guanidine groups is 1. The van der Waals surface area contributed by atoms with Crippen molar-refractivity contribution in [2.45, 2.75) is 57.8 Å². The predicted molar refractivity (Wildman–Crippen MR) is 117 cm³/mol. The van der Waals surface area contributed by atoms with Gasteiger partial charge in [-0.1, -0.05) is 44.2 Å². The molecule has 1 saturated heterocycles. The highest BCUT2D eigenvalue weighted by Gasteiger charge is 2.29. The monoisotopic (exact) mass is 421 g/mol. The lowest BCUT2D eigenvalue weighted by Gasteiger charge is -2.14. The third-order valence-corrected chi connectivity index (χ3v) is 5.18. The molecule has 1 aliphatic rings. The van der Waals surface area contributed by atoms with Crippen LogP contribution in [0.4, 0.5) is 5.82 Å². The Bertz CT molecular complexity index is 750. The molecule has 1 atom stereocenters. The zero-order valence-electron chi connectivity index (χ0n) is 17.1. The van der Waals surface area contributed by atoms with Gasteiger partial charge < -0.3 is 20.5 Å². The summed E-state index contributed by atoms with van der Waals surface area (Å²) >= 11 is 0. The van der Waals surface area contributed by atoms with Crippen LogP contribution >= 0.6 is 12.4 Å². The SMILES string of the molecule is CCCCCCCCNc1ccc(-c2noc([C@@H]3CCN(C(=N)N)C3)n2)cn1.Cl. The molecule has 1 aliphatic heterocycles. The standard InChI is InChI=1S/C20H31N7O.ClH/c1-2-3-4-5-6-7-11-23-17-9-8-15(13-24-17)18-25-19(28-26-18)16-10-12-27(14-16)20(21)22;/h8-9,13,16H,2-7,10-12,14H2,1H3,(H3,21,22)(H,23,24);1H/t16-;/m1./s1. The van der Waals surface area contributed by atoms with E-state index in [2.05, 4.69) is 27.4 Å². The van der Waals surface area contributed by atoms with Crippen molar-refractivity contribution in [1.82, 2.24) is 20.0 Å². The van der Waals surface area contributed by atoms with E-state index in [0.717, 1.165) is 30.9 Å². The van der Waals surface area contributed by atoms with Crippen molar-refractivity contribution < 1.29 is 4.52 Å². The summed E-state index contributed by atoms with van der Waals surface area (Å²) in [5.41, 5.74) is 6.38. The van der Waals surface area contributed by atoms with Crippen LogP contribution in [0.5, 0.6) is 0 Å². The number of hydrogen-bond donors (Lipinski definition) is 3. The van der Waals surface area contributed by atoms with Gasteiger partial charge in [-0.05, 0) is 25.0 Å². The minimum atomic E-state index is 0. The summed E-state index contributed by atoms with van der Waals surface area (Å²) in [5, 5.41) is 15.0. The number of hydrogen-bond acceptors (Lipinski definition) is 6. The number of anilines is 1. The average molecular weight is 422 g/mol. The number of rotatable bonds is 10. The van der Waals surface area contributed by atoms with Crippen LogP contribution in [0.3, 0.4) is 0 Å². The summed E-state index contributed by atoms with van der Waals surface area (Å²) in [4.78, 5) is 10.8. The quantitative estimate of drug-likeness (QED) is 0.301. The molecular formula is C20H32ClN7O. The molecule has 0 radical (unpaired) electrons. The fourth-order valence-electron chi connectivity index (χ4n) is 3.45. The molecule has 1 fully saturated rings. The highest BCUT2D eigenvalue weighted by Crippen LogP contribution is 2.27. The molecule has 4 N–H and O–H groups in total. The lowest BCUT2D eigenvalue weighted by molar-refractivity contribution is 0.354. The maximum absolute atomic E-state index is 7.52. The molecule has 160 valence electrons. The number of aromatic nitrogens is 3. The van der Waals surface area contributed by atoms with Gasteiger partial charge in [0, 0.05) is 31.4 Å². The van der Waals surface area contributed by atoms with Gasteiger partial charge in [0.15, 0.2) is 5.96 Å². The average Bonchev–Trinajstić information content (AvgIpc) is 3.37. The third kappa shape index (κ3) is 6.59. The van der Waals surface area contributed by atoms with Crippen molar-refractivity contribution in [1.29, 1.82) is 5.41 Å². The van der Waals surface area contributed by atoms with Crippen molar-refractivity contribution in [2.75, 3.05) is 25.0 Å². The van der Waals surface area contributed by atoms with E-state index in [0.29, 0.717) is 18.3 Å². The predicted octanol–water partition coefficient (Wildman–Crippen LogP) is 4.01. The smallest absolute Gasteiger partial charge is 0.231 e. The Hall–Kier alpha value is -2.35. The Kier molecular flexibility index (Phi) is 9.18. The molecule has 0 spiro atoms. The second-order valence-corrected chi connectivity index (χ2v) is 7.40. The maximum Gasteiger partial charge on any atom is 0.231 e. The molecule has 9 heteroatoms. The molecule has 0 amide bonds. The fourth-order valence-corrected chi connectivity index (χ4v) is 3.45. The molecule has 3 rings (SSSR count). The molecule has 0 aromatic carbocycles. The van der Waals surface area contributed by atoms with Gasteiger partial charge in [-0.3, -0.25) is 5.41 Å². The van der Waals surface area contributed by atoms with Gasteiger partial charge >= 0.3 is 0 Å². The van der Waals surface area contributed by atoms with E-state index < -0.39 is 0 Å². The molecule has 2 aromatic rings. The summed E-state index contributed by atoms with van der Waals surface area (Å²) in [5.74, 6) is 2.23. The molecule has 0 bridgehead atoms. The number of halogens is 1. The second-order valence-electron chi connectivity index (χ2n) is 7.40. The first kappa shape index (κ1) is 22.9. The van der Waals surface area contributed by atoms with Gasteiger partial charge in [-0.15, -0.1) is 12.4 Å². The number of pyridine rings is 1. The van der Waals surface area contributed by atoms with Crippen LogP contribution in [0.2, 0.25) is 0 Å². The zero-order valence-corrected chi connectivity index (χ0v) is 17.9. The Morgan fingerprint density at radius 3 is 2.76 bits per heavy atom. The van der Waals surface area contributed by atoms with Crippen LogP contribution in [0.15, 0.2) is 22.9 Å². The molecule has 29 heavy (non-hydrogen) atoms. The van der Waals surface area contributed by atoms with Crippen LogP contribution in [0.25, 0.3) is 11.4 Å².